The maximum atomic E-state index is 6.36. The number of hydrogen-bond donors (Lipinski definition) is 1. The third kappa shape index (κ3) is 7.95. The molecule has 7 nitrogen and oxygen atoms in total. The molecule has 0 amide bonds. The number of piperidine rings is 1. The third-order valence-electron chi connectivity index (χ3n) is 6.10. The van der Waals surface area contributed by atoms with Crippen LogP contribution in [0.25, 0.3) is 0 Å². The third-order valence-corrected chi connectivity index (χ3v) is 6.10. The SMILES string of the molecule is CN=C(NCc1cccc(OC)c1OC1CCCC1)N1CCC(OCCCOC)CC1.I. The summed E-state index contributed by atoms with van der Waals surface area (Å²) in [5.74, 6) is 2.59. The second-order valence-electron chi connectivity index (χ2n) is 8.28. The van der Waals surface area contributed by atoms with E-state index in [2.05, 4.69) is 21.3 Å². The first-order valence-electron chi connectivity index (χ1n) is 11.6. The van der Waals surface area contributed by atoms with E-state index in [9.17, 15) is 0 Å². The van der Waals surface area contributed by atoms with Gasteiger partial charge in [-0.3, -0.25) is 4.99 Å². The highest BCUT2D eigenvalue weighted by Gasteiger charge is 2.23. The van der Waals surface area contributed by atoms with Crippen LogP contribution in [0.4, 0.5) is 0 Å². The molecule has 0 bridgehead atoms. The summed E-state index contributed by atoms with van der Waals surface area (Å²) in [6.07, 6.45) is 8.33. The van der Waals surface area contributed by atoms with Crippen molar-refractivity contribution in [3.8, 4) is 11.5 Å². The van der Waals surface area contributed by atoms with Crippen molar-refractivity contribution in [1.82, 2.24) is 10.2 Å². The number of aliphatic imine (C=N–C) groups is 1. The standard InChI is InChI=1S/C24H39N3O4.HI/c1-25-24(27-14-12-20(13-15-27)30-17-7-16-28-2)26-18-19-8-6-11-22(29-3)23(19)31-21-9-4-5-10-21;/h6,8,11,20-21H,4-5,7,9-10,12-18H2,1-3H3,(H,25,26);1H. The Bertz CT molecular complexity index is 690. The molecule has 0 radical (unpaired) electrons. The second kappa shape index (κ2) is 14.8. The number of rotatable bonds is 10. The van der Waals surface area contributed by atoms with E-state index in [1.54, 1.807) is 14.2 Å². The number of guanidine groups is 1. The summed E-state index contributed by atoms with van der Waals surface area (Å²) in [5, 5.41) is 3.53. The number of methoxy groups -OCH3 is 2. The average Bonchev–Trinajstić information content (AvgIpc) is 3.32. The molecule has 0 spiro atoms. The van der Waals surface area contributed by atoms with Crippen LogP contribution in [0.15, 0.2) is 23.2 Å². The van der Waals surface area contributed by atoms with Crippen LogP contribution in [-0.2, 0) is 16.0 Å². The molecular weight excluding hydrogens is 521 g/mol. The van der Waals surface area contributed by atoms with Crippen molar-refractivity contribution in [2.24, 2.45) is 4.99 Å². The minimum absolute atomic E-state index is 0. The van der Waals surface area contributed by atoms with Gasteiger partial charge in [0.05, 0.1) is 19.3 Å². The number of hydrogen-bond acceptors (Lipinski definition) is 5. The van der Waals surface area contributed by atoms with E-state index in [0.717, 1.165) is 81.4 Å². The maximum absolute atomic E-state index is 6.36. The molecule has 8 heteroatoms. The summed E-state index contributed by atoms with van der Waals surface area (Å²) in [4.78, 5) is 6.83. The fourth-order valence-electron chi connectivity index (χ4n) is 4.36. The highest BCUT2D eigenvalue weighted by atomic mass is 127. The van der Waals surface area contributed by atoms with Gasteiger partial charge in [-0.05, 0) is 51.0 Å². The zero-order chi connectivity index (χ0) is 21.9. The molecule has 1 aliphatic carbocycles. The molecule has 1 N–H and O–H groups in total. The Labute approximate surface area is 210 Å². The van der Waals surface area contributed by atoms with Crippen molar-refractivity contribution in [1.29, 1.82) is 0 Å². The van der Waals surface area contributed by atoms with Gasteiger partial charge in [0.25, 0.3) is 0 Å². The number of likely N-dealkylation sites (tertiary alicyclic amines) is 1. The Hall–Kier alpha value is -1.26. The van der Waals surface area contributed by atoms with Gasteiger partial charge in [-0.15, -0.1) is 24.0 Å². The van der Waals surface area contributed by atoms with Gasteiger partial charge in [-0.2, -0.15) is 0 Å². The molecular formula is C24H40IN3O4. The molecule has 1 saturated carbocycles. The van der Waals surface area contributed by atoms with Gasteiger partial charge in [0, 0.05) is 52.6 Å². The number of ether oxygens (including phenoxy) is 4. The summed E-state index contributed by atoms with van der Waals surface area (Å²) in [6, 6.07) is 6.10. The molecule has 1 aromatic carbocycles. The second-order valence-corrected chi connectivity index (χ2v) is 8.28. The Morgan fingerprint density at radius 2 is 1.81 bits per heavy atom. The lowest BCUT2D eigenvalue weighted by atomic mass is 10.1. The van der Waals surface area contributed by atoms with Gasteiger partial charge in [0.2, 0.25) is 0 Å². The molecule has 3 rings (SSSR count). The van der Waals surface area contributed by atoms with Crippen LogP contribution >= 0.6 is 24.0 Å². The fraction of sp³-hybridized carbons (Fsp3) is 0.708. The first-order chi connectivity index (χ1) is 15.2. The van der Waals surface area contributed by atoms with Crippen LogP contribution in [0, 0.1) is 0 Å². The Balaban J connectivity index is 0.00000363. The maximum Gasteiger partial charge on any atom is 0.193 e. The molecule has 0 aromatic heterocycles. The summed E-state index contributed by atoms with van der Waals surface area (Å²) in [5.41, 5.74) is 1.10. The van der Waals surface area contributed by atoms with Crippen molar-refractivity contribution in [3.05, 3.63) is 23.8 Å². The monoisotopic (exact) mass is 561 g/mol. The molecule has 0 unspecified atom stereocenters. The van der Waals surface area contributed by atoms with Crippen LogP contribution in [-0.4, -0.2) is 70.6 Å². The fourth-order valence-corrected chi connectivity index (χ4v) is 4.36. The van der Waals surface area contributed by atoms with E-state index in [1.165, 1.54) is 12.8 Å². The average molecular weight is 562 g/mol. The molecule has 2 aliphatic rings. The summed E-state index contributed by atoms with van der Waals surface area (Å²) in [6.45, 7) is 4.06. The normalized spacial score (nSPS) is 17.8. The first kappa shape index (κ1) is 27.0. The molecule has 1 aromatic rings. The van der Waals surface area contributed by atoms with Crippen LogP contribution in [0.5, 0.6) is 11.5 Å². The van der Waals surface area contributed by atoms with Crippen molar-refractivity contribution in [2.75, 3.05) is 47.6 Å². The highest BCUT2D eigenvalue weighted by molar-refractivity contribution is 14.0. The zero-order valence-corrected chi connectivity index (χ0v) is 22.1. The van der Waals surface area contributed by atoms with E-state index in [0.29, 0.717) is 12.6 Å². The van der Waals surface area contributed by atoms with E-state index < -0.39 is 0 Å². The van der Waals surface area contributed by atoms with Crippen LogP contribution in [0.1, 0.15) is 50.5 Å². The molecule has 2 fully saturated rings. The lowest BCUT2D eigenvalue weighted by Crippen LogP contribution is -2.46. The largest absolute Gasteiger partial charge is 0.493 e. The highest BCUT2D eigenvalue weighted by Crippen LogP contribution is 2.34. The minimum Gasteiger partial charge on any atom is -0.493 e. The molecule has 1 heterocycles. The molecule has 182 valence electrons. The van der Waals surface area contributed by atoms with Gasteiger partial charge in [-0.1, -0.05) is 12.1 Å². The quantitative estimate of drug-likeness (QED) is 0.200. The number of halogens is 1. The number of nitrogens with one attached hydrogen (secondary N) is 1. The predicted octanol–water partition coefficient (Wildman–Crippen LogP) is 4.23. The van der Waals surface area contributed by atoms with Crippen LogP contribution in [0.2, 0.25) is 0 Å². The van der Waals surface area contributed by atoms with Crippen molar-refractivity contribution in [3.63, 3.8) is 0 Å². The van der Waals surface area contributed by atoms with E-state index >= 15 is 0 Å². The van der Waals surface area contributed by atoms with E-state index in [4.69, 9.17) is 18.9 Å². The lowest BCUT2D eigenvalue weighted by Gasteiger charge is -2.34. The van der Waals surface area contributed by atoms with Gasteiger partial charge >= 0.3 is 0 Å². The Morgan fingerprint density at radius 3 is 2.47 bits per heavy atom. The summed E-state index contributed by atoms with van der Waals surface area (Å²) in [7, 11) is 5.28. The zero-order valence-electron chi connectivity index (χ0n) is 19.8. The van der Waals surface area contributed by atoms with Gasteiger partial charge in [0.1, 0.15) is 0 Å². The van der Waals surface area contributed by atoms with Crippen molar-refractivity contribution < 1.29 is 18.9 Å². The lowest BCUT2D eigenvalue weighted by molar-refractivity contribution is 0.00989. The summed E-state index contributed by atoms with van der Waals surface area (Å²) < 4.78 is 23.0. The Morgan fingerprint density at radius 1 is 1.06 bits per heavy atom. The molecule has 0 atom stereocenters. The van der Waals surface area contributed by atoms with Gasteiger partial charge in [0.15, 0.2) is 17.5 Å². The molecule has 1 saturated heterocycles. The summed E-state index contributed by atoms with van der Waals surface area (Å²) >= 11 is 0. The van der Waals surface area contributed by atoms with Gasteiger partial charge in [-0.25, -0.2) is 0 Å². The smallest absolute Gasteiger partial charge is 0.193 e. The topological polar surface area (TPSA) is 64.6 Å². The molecule has 32 heavy (non-hydrogen) atoms. The van der Waals surface area contributed by atoms with Gasteiger partial charge < -0.3 is 29.2 Å². The van der Waals surface area contributed by atoms with E-state index in [-0.39, 0.29) is 30.1 Å². The Kier molecular flexibility index (Phi) is 12.5. The van der Waals surface area contributed by atoms with E-state index in [1.807, 2.05) is 19.2 Å². The number of benzene rings is 1. The molecule has 1 aliphatic heterocycles. The first-order valence-corrected chi connectivity index (χ1v) is 11.6. The van der Waals surface area contributed by atoms with Crippen molar-refractivity contribution in [2.45, 2.75) is 63.7 Å². The van der Waals surface area contributed by atoms with Crippen LogP contribution in [0.3, 0.4) is 0 Å². The number of para-hydroxylation sites is 1. The van der Waals surface area contributed by atoms with Crippen molar-refractivity contribution >= 4 is 29.9 Å². The minimum atomic E-state index is 0. The number of nitrogens with zero attached hydrogens (tertiary/aromatic N) is 2. The van der Waals surface area contributed by atoms with Crippen LogP contribution < -0.4 is 14.8 Å². The predicted molar refractivity (Wildman–Crippen MR) is 139 cm³/mol.